The van der Waals surface area contributed by atoms with Crippen molar-refractivity contribution in [2.45, 2.75) is 25.7 Å². The topological polar surface area (TPSA) is 57.6 Å². The zero-order valence-corrected chi connectivity index (χ0v) is 21.8. The first kappa shape index (κ1) is 29.0. The van der Waals surface area contributed by atoms with Crippen molar-refractivity contribution in [1.82, 2.24) is 9.80 Å². The number of amides is 2. The minimum atomic E-state index is -0.349. The lowest BCUT2D eigenvalue weighted by atomic mass is 10.1. The van der Waals surface area contributed by atoms with E-state index in [0.29, 0.717) is 17.9 Å². The molecule has 9 heteroatoms. The lowest BCUT2D eigenvalue weighted by Gasteiger charge is -2.17. The number of aromatic nitrogens is 2. The number of rotatable bonds is 9. The van der Waals surface area contributed by atoms with Crippen molar-refractivity contribution < 1.29 is 57.4 Å². The number of carbonyl (C=O) groups excluding carboxylic acids is 2. The molecule has 0 bridgehead atoms. The smallest absolute Gasteiger partial charge is 0.415 e. The van der Waals surface area contributed by atoms with Gasteiger partial charge in [-0.15, -0.1) is 0 Å². The summed E-state index contributed by atoms with van der Waals surface area (Å²) in [7, 11) is 7.37. The van der Waals surface area contributed by atoms with E-state index in [0.717, 1.165) is 32.2 Å². The standard InChI is InChI=1S/C22H32N4O3.2BrH/c1-23-13-9-11-19(17-23)21(27)25(3)15-7-5-6-8-16-26(4)22(28)29-20-12-10-14-24(2)18-20;;/h9-14,17-18H,5-8,15-16H2,1-4H3;2*1H/q+2;;/p-2. The van der Waals surface area contributed by atoms with Crippen molar-refractivity contribution in [3.63, 3.8) is 0 Å². The predicted octanol–water partition coefficient (Wildman–Crippen LogP) is -3.89. The number of halogens is 2. The van der Waals surface area contributed by atoms with Crippen LogP contribution in [0.2, 0.25) is 0 Å². The lowest BCUT2D eigenvalue weighted by Crippen LogP contribution is -3.00. The second kappa shape index (κ2) is 14.9. The van der Waals surface area contributed by atoms with Gasteiger partial charge in [-0.2, -0.15) is 0 Å². The Labute approximate surface area is 206 Å². The maximum atomic E-state index is 12.4. The van der Waals surface area contributed by atoms with E-state index >= 15 is 0 Å². The fourth-order valence-electron chi connectivity index (χ4n) is 2.98. The van der Waals surface area contributed by atoms with Gasteiger partial charge < -0.3 is 48.5 Å². The highest BCUT2D eigenvalue weighted by Crippen LogP contribution is 2.09. The third-order valence-corrected chi connectivity index (χ3v) is 4.70. The second-order valence-corrected chi connectivity index (χ2v) is 7.39. The van der Waals surface area contributed by atoms with E-state index in [1.807, 2.05) is 67.1 Å². The fraction of sp³-hybridized carbons (Fsp3) is 0.455. The highest BCUT2D eigenvalue weighted by atomic mass is 79.9. The van der Waals surface area contributed by atoms with Crippen LogP contribution in [-0.4, -0.2) is 49.0 Å². The third-order valence-electron chi connectivity index (χ3n) is 4.70. The molecule has 172 valence electrons. The molecule has 0 saturated heterocycles. The largest absolute Gasteiger partial charge is 1.00 e. The van der Waals surface area contributed by atoms with Crippen molar-refractivity contribution in [2.75, 3.05) is 27.2 Å². The Bertz CT molecular complexity index is 836. The number of unbranched alkanes of at least 4 members (excludes halogenated alkanes) is 3. The molecule has 2 rings (SSSR count). The van der Waals surface area contributed by atoms with Crippen molar-refractivity contribution in [3.05, 3.63) is 54.6 Å². The SMILES string of the molecule is CN(CCCCCCN(C)C(=O)c1ccc[n+](C)c1)C(=O)Oc1ccc[n+](C)c1.[Br-].[Br-]. The quantitative estimate of drug-likeness (QED) is 0.233. The van der Waals surface area contributed by atoms with Gasteiger partial charge in [0.1, 0.15) is 19.7 Å². The third kappa shape index (κ3) is 10.2. The van der Waals surface area contributed by atoms with Crippen LogP contribution in [0.25, 0.3) is 0 Å². The molecule has 2 amide bonds. The molecule has 0 saturated carbocycles. The van der Waals surface area contributed by atoms with E-state index in [1.165, 1.54) is 0 Å². The number of hydrogen-bond acceptors (Lipinski definition) is 3. The molecule has 0 spiro atoms. The molecule has 0 aliphatic heterocycles. The summed E-state index contributed by atoms with van der Waals surface area (Å²) in [5.74, 6) is 0.574. The Morgan fingerprint density at radius 1 is 0.839 bits per heavy atom. The maximum absolute atomic E-state index is 12.4. The van der Waals surface area contributed by atoms with Crippen LogP contribution in [0.4, 0.5) is 4.79 Å². The zero-order valence-electron chi connectivity index (χ0n) is 18.6. The Hall–Kier alpha value is -2.00. The van der Waals surface area contributed by atoms with E-state index in [2.05, 4.69) is 0 Å². The Kier molecular flexibility index (Phi) is 13.9. The first-order chi connectivity index (χ1) is 13.9. The van der Waals surface area contributed by atoms with E-state index in [4.69, 9.17) is 4.74 Å². The molecule has 0 unspecified atom stereocenters. The van der Waals surface area contributed by atoms with Crippen LogP contribution in [0.3, 0.4) is 0 Å². The second-order valence-electron chi connectivity index (χ2n) is 7.39. The number of ether oxygens (including phenoxy) is 1. The first-order valence-corrected chi connectivity index (χ1v) is 9.96. The summed E-state index contributed by atoms with van der Waals surface area (Å²) in [6.45, 7) is 1.37. The minimum Gasteiger partial charge on any atom is -1.00 e. The van der Waals surface area contributed by atoms with Gasteiger partial charge in [-0.3, -0.25) is 4.79 Å². The Morgan fingerprint density at radius 2 is 1.39 bits per heavy atom. The fourth-order valence-corrected chi connectivity index (χ4v) is 2.98. The zero-order chi connectivity index (χ0) is 21.2. The highest BCUT2D eigenvalue weighted by Gasteiger charge is 2.14. The van der Waals surface area contributed by atoms with Crippen LogP contribution in [-0.2, 0) is 14.1 Å². The number of aryl methyl sites for hydroxylation is 2. The van der Waals surface area contributed by atoms with Gasteiger partial charge in [-0.1, -0.05) is 12.8 Å². The molecule has 31 heavy (non-hydrogen) atoms. The van der Waals surface area contributed by atoms with Crippen LogP contribution >= 0.6 is 0 Å². The van der Waals surface area contributed by atoms with Crippen molar-refractivity contribution in [1.29, 1.82) is 0 Å². The van der Waals surface area contributed by atoms with Gasteiger partial charge in [0.15, 0.2) is 24.3 Å². The first-order valence-electron chi connectivity index (χ1n) is 9.96. The number of nitrogens with zero attached hydrogens (tertiary/aromatic N) is 4. The van der Waals surface area contributed by atoms with Crippen molar-refractivity contribution in [3.8, 4) is 5.75 Å². The van der Waals surface area contributed by atoms with Crippen molar-refractivity contribution in [2.24, 2.45) is 14.1 Å². The average Bonchev–Trinajstić information content (AvgIpc) is 2.69. The minimum absolute atomic E-state index is 0. The molecule has 0 aromatic carbocycles. The number of carbonyl (C=O) groups is 2. The van der Waals surface area contributed by atoms with Crippen LogP contribution in [0, 0.1) is 0 Å². The summed E-state index contributed by atoms with van der Waals surface area (Å²) in [4.78, 5) is 27.9. The van der Waals surface area contributed by atoms with Crippen molar-refractivity contribution >= 4 is 12.0 Å². The number of pyridine rings is 2. The summed E-state index contributed by atoms with van der Waals surface area (Å²) < 4.78 is 9.07. The maximum Gasteiger partial charge on any atom is 0.415 e. The molecule has 0 aliphatic carbocycles. The van der Waals surface area contributed by atoms with Crippen LogP contribution < -0.4 is 47.8 Å². The van der Waals surface area contributed by atoms with Crippen LogP contribution in [0.1, 0.15) is 36.0 Å². The van der Waals surface area contributed by atoms with Gasteiger partial charge in [0.05, 0.1) is 0 Å². The predicted molar refractivity (Wildman–Crippen MR) is 109 cm³/mol. The van der Waals surface area contributed by atoms with Gasteiger partial charge in [0.2, 0.25) is 6.20 Å². The molecule has 2 aromatic rings. The summed E-state index contributed by atoms with van der Waals surface area (Å²) in [6.07, 6.45) is 10.9. The summed E-state index contributed by atoms with van der Waals surface area (Å²) in [5.41, 5.74) is 0.699. The molecule has 0 N–H and O–H groups in total. The van der Waals surface area contributed by atoms with E-state index in [9.17, 15) is 9.59 Å². The molecule has 0 atom stereocenters. The van der Waals surface area contributed by atoms with E-state index in [-0.39, 0.29) is 46.0 Å². The molecule has 7 nitrogen and oxygen atoms in total. The van der Waals surface area contributed by atoms with Gasteiger partial charge in [-0.05, 0) is 25.0 Å². The summed E-state index contributed by atoms with van der Waals surface area (Å²) >= 11 is 0. The van der Waals surface area contributed by atoms with Gasteiger partial charge >= 0.3 is 6.09 Å². The molecular formula is C22H32Br2N4O3. The molecule has 0 radical (unpaired) electrons. The van der Waals surface area contributed by atoms with E-state index in [1.54, 1.807) is 29.1 Å². The molecule has 2 heterocycles. The molecule has 0 fully saturated rings. The molecule has 0 aliphatic rings. The van der Waals surface area contributed by atoms with Gasteiger partial charge in [0, 0.05) is 39.3 Å². The van der Waals surface area contributed by atoms with Crippen LogP contribution in [0.5, 0.6) is 5.75 Å². The van der Waals surface area contributed by atoms with Gasteiger partial charge in [0.25, 0.3) is 5.91 Å². The highest BCUT2D eigenvalue weighted by molar-refractivity contribution is 5.93. The Balaban J connectivity index is 0.00000450. The molecular weight excluding hydrogens is 528 g/mol. The Morgan fingerprint density at radius 3 is 1.97 bits per heavy atom. The average molecular weight is 560 g/mol. The summed E-state index contributed by atoms with van der Waals surface area (Å²) in [5, 5.41) is 0. The van der Waals surface area contributed by atoms with Crippen LogP contribution in [0.15, 0.2) is 49.1 Å². The lowest BCUT2D eigenvalue weighted by molar-refractivity contribution is -0.671. The van der Waals surface area contributed by atoms with E-state index < -0.39 is 0 Å². The monoisotopic (exact) mass is 558 g/mol. The number of hydrogen-bond donors (Lipinski definition) is 0. The molecule has 2 aromatic heterocycles. The normalized spacial score (nSPS) is 9.81. The summed E-state index contributed by atoms with van der Waals surface area (Å²) in [6, 6.07) is 7.31. The van der Waals surface area contributed by atoms with Gasteiger partial charge in [-0.25, -0.2) is 13.9 Å².